The molecule has 0 saturated carbocycles. The van der Waals surface area contributed by atoms with E-state index < -0.39 is 5.41 Å². The summed E-state index contributed by atoms with van der Waals surface area (Å²) < 4.78 is 0. The van der Waals surface area contributed by atoms with Gasteiger partial charge in [0.2, 0.25) is 5.91 Å². The summed E-state index contributed by atoms with van der Waals surface area (Å²) in [5, 5.41) is 3.91. The maximum atomic E-state index is 12.5. The fourth-order valence-corrected chi connectivity index (χ4v) is 4.01. The van der Waals surface area contributed by atoms with Crippen molar-refractivity contribution in [2.75, 3.05) is 32.1 Å². The molecule has 1 saturated heterocycles. The number of hydrogen-bond acceptors (Lipinski definition) is 4. The van der Waals surface area contributed by atoms with E-state index in [1.165, 1.54) is 0 Å². The lowest BCUT2D eigenvalue weighted by atomic mass is 9.94. The van der Waals surface area contributed by atoms with Gasteiger partial charge in [0.05, 0.1) is 17.7 Å². The van der Waals surface area contributed by atoms with E-state index in [2.05, 4.69) is 10.3 Å². The molecule has 1 aliphatic rings. The maximum Gasteiger partial charge on any atom is 0.229 e. The van der Waals surface area contributed by atoms with E-state index in [1.807, 2.05) is 43.0 Å². The van der Waals surface area contributed by atoms with Crippen LogP contribution in [0.4, 0.5) is 0 Å². The third kappa shape index (κ3) is 4.58. The number of benzene rings is 1. The third-order valence-corrected chi connectivity index (χ3v) is 6.38. The highest BCUT2D eigenvalue weighted by molar-refractivity contribution is 7.09. The SMILES string of the molecule is CC(C)(CCl)C(=O)N1CCN(Cc2nc(-c3ccc(Cl)cc3)cs2)CC1. The minimum atomic E-state index is -0.494. The van der Waals surface area contributed by atoms with Crippen LogP contribution in [-0.4, -0.2) is 52.8 Å². The van der Waals surface area contributed by atoms with Gasteiger partial charge in [-0.15, -0.1) is 22.9 Å². The van der Waals surface area contributed by atoms with Crippen LogP contribution < -0.4 is 0 Å². The van der Waals surface area contributed by atoms with Crippen LogP contribution >= 0.6 is 34.5 Å². The second kappa shape index (κ2) is 8.26. The van der Waals surface area contributed by atoms with Crippen LogP contribution in [0.5, 0.6) is 0 Å². The van der Waals surface area contributed by atoms with Gasteiger partial charge >= 0.3 is 0 Å². The van der Waals surface area contributed by atoms with Crippen LogP contribution in [-0.2, 0) is 11.3 Å². The maximum absolute atomic E-state index is 12.5. The molecule has 0 aliphatic carbocycles. The van der Waals surface area contributed by atoms with Crippen LogP contribution in [0.2, 0.25) is 5.02 Å². The Kier molecular flexibility index (Phi) is 6.23. The lowest BCUT2D eigenvalue weighted by Gasteiger charge is -2.37. The summed E-state index contributed by atoms with van der Waals surface area (Å²) in [6.07, 6.45) is 0. The largest absolute Gasteiger partial charge is 0.340 e. The number of carbonyl (C=O) groups excluding carboxylic acids is 1. The highest BCUT2D eigenvalue weighted by Crippen LogP contribution is 2.25. The van der Waals surface area contributed by atoms with Gasteiger partial charge in [-0.1, -0.05) is 23.7 Å². The molecule has 7 heteroatoms. The first kappa shape index (κ1) is 19.6. The monoisotopic (exact) mass is 411 g/mol. The zero-order valence-corrected chi connectivity index (χ0v) is 17.4. The number of halogens is 2. The number of alkyl halides is 1. The van der Waals surface area contributed by atoms with Gasteiger partial charge in [-0.2, -0.15) is 0 Å². The number of hydrogen-bond donors (Lipinski definition) is 0. The van der Waals surface area contributed by atoms with Gasteiger partial charge in [0.1, 0.15) is 5.01 Å². The highest BCUT2D eigenvalue weighted by atomic mass is 35.5. The molecule has 0 unspecified atom stereocenters. The van der Waals surface area contributed by atoms with Crippen molar-refractivity contribution < 1.29 is 4.79 Å². The summed E-state index contributed by atoms with van der Waals surface area (Å²) >= 11 is 13.6. The Hall–Kier alpha value is -1.14. The molecule has 1 aromatic heterocycles. The van der Waals surface area contributed by atoms with E-state index in [-0.39, 0.29) is 5.91 Å². The molecule has 0 radical (unpaired) electrons. The number of rotatable bonds is 5. The van der Waals surface area contributed by atoms with Crippen LogP contribution in [0, 0.1) is 5.41 Å². The molecule has 1 aliphatic heterocycles. The quantitative estimate of drug-likeness (QED) is 0.685. The van der Waals surface area contributed by atoms with Gasteiger partial charge in [-0.05, 0) is 26.0 Å². The van der Waals surface area contributed by atoms with E-state index in [0.717, 1.165) is 54.0 Å². The first-order valence-corrected chi connectivity index (χ1v) is 10.5. The predicted octanol–water partition coefficient (Wildman–Crippen LogP) is 4.37. The van der Waals surface area contributed by atoms with Gasteiger partial charge in [0, 0.05) is 48.0 Å². The molecular formula is C19H23Cl2N3OS. The molecule has 2 heterocycles. The van der Waals surface area contributed by atoms with Crippen molar-refractivity contribution in [2.45, 2.75) is 20.4 Å². The molecule has 4 nitrogen and oxygen atoms in total. The lowest BCUT2D eigenvalue weighted by molar-refractivity contribution is -0.141. The summed E-state index contributed by atoms with van der Waals surface area (Å²) in [6, 6.07) is 7.75. The zero-order valence-electron chi connectivity index (χ0n) is 15.0. The van der Waals surface area contributed by atoms with Crippen LogP contribution in [0.15, 0.2) is 29.6 Å². The topological polar surface area (TPSA) is 36.4 Å². The molecule has 2 aromatic rings. The fourth-order valence-electron chi connectivity index (χ4n) is 2.92. The summed E-state index contributed by atoms with van der Waals surface area (Å²) in [5.74, 6) is 0.491. The summed E-state index contributed by atoms with van der Waals surface area (Å²) in [4.78, 5) is 21.5. The van der Waals surface area contributed by atoms with E-state index in [1.54, 1.807) is 11.3 Å². The summed E-state index contributed by atoms with van der Waals surface area (Å²) in [5.41, 5.74) is 1.57. The molecule has 0 atom stereocenters. The summed E-state index contributed by atoms with van der Waals surface area (Å²) in [6.45, 7) is 7.84. The first-order valence-electron chi connectivity index (χ1n) is 8.67. The standard InChI is InChI=1S/C19H23Cl2N3OS/c1-19(2,13-20)18(25)24-9-7-23(8-10-24)11-17-22-16(12-26-17)14-3-5-15(21)6-4-14/h3-6,12H,7-11,13H2,1-2H3. The second-order valence-electron chi connectivity index (χ2n) is 7.22. The molecule has 1 fully saturated rings. The number of nitrogens with zero attached hydrogens (tertiary/aromatic N) is 3. The Bertz CT molecular complexity index is 752. The molecular weight excluding hydrogens is 389 g/mol. The summed E-state index contributed by atoms with van der Waals surface area (Å²) in [7, 11) is 0. The van der Waals surface area contributed by atoms with Crippen LogP contribution in [0.3, 0.4) is 0 Å². The van der Waals surface area contributed by atoms with Crippen molar-refractivity contribution in [3.05, 3.63) is 39.7 Å². The molecule has 0 N–H and O–H groups in total. The van der Waals surface area contributed by atoms with E-state index in [9.17, 15) is 4.79 Å². The zero-order chi connectivity index (χ0) is 18.7. The van der Waals surface area contributed by atoms with Crippen molar-refractivity contribution in [1.82, 2.24) is 14.8 Å². The third-order valence-electron chi connectivity index (χ3n) is 4.62. The molecule has 26 heavy (non-hydrogen) atoms. The Labute approximate surface area is 168 Å². The molecule has 140 valence electrons. The van der Waals surface area contributed by atoms with Gasteiger partial charge in [-0.3, -0.25) is 9.69 Å². The highest BCUT2D eigenvalue weighted by Gasteiger charge is 2.33. The lowest BCUT2D eigenvalue weighted by Crippen LogP contribution is -2.52. The average molecular weight is 412 g/mol. The molecule has 1 amide bonds. The minimum Gasteiger partial charge on any atom is -0.340 e. The van der Waals surface area contributed by atoms with Gasteiger partial charge in [0.25, 0.3) is 0 Å². The fraction of sp³-hybridized carbons (Fsp3) is 0.474. The van der Waals surface area contributed by atoms with Crippen molar-refractivity contribution >= 4 is 40.4 Å². The molecule has 1 aromatic carbocycles. The smallest absolute Gasteiger partial charge is 0.229 e. The van der Waals surface area contributed by atoms with Crippen LogP contribution in [0.25, 0.3) is 11.3 Å². The Morgan fingerprint density at radius 1 is 1.19 bits per heavy atom. The Morgan fingerprint density at radius 2 is 1.85 bits per heavy atom. The first-order chi connectivity index (χ1) is 12.4. The Morgan fingerprint density at radius 3 is 2.46 bits per heavy atom. The van der Waals surface area contributed by atoms with E-state index in [0.29, 0.717) is 5.88 Å². The number of thiazole rings is 1. The average Bonchev–Trinajstić information content (AvgIpc) is 3.11. The van der Waals surface area contributed by atoms with Gasteiger partial charge < -0.3 is 4.90 Å². The van der Waals surface area contributed by atoms with Crippen molar-refractivity contribution in [3.8, 4) is 11.3 Å². The minimum absolute atomic E-state index is 0.145. The second-order valence-corrected chi connectivity index (χ2v) is 8.87. The molecule has 3 rings (SSSR count). The predicted molar refractivity (Wildman–Crippen MR) is 109 cm³/mol. The molecule has 0 spiro atoms. The number of amides is 1. The number of aromatic nitrogens is 1. The van der Waals surface area contributed by atoms with Gasteiger partial charge in [-0.25, -0.2) is 4.98 Å². The van der Waals surface area contributed by atoms with Crippen LogP contribution in [0.1, 0.15) is 18.9 Å². The van der Waals surface area contributed by atoms with Crippen molar-refractivity contribution in [2.24, 2.45) is 5.41 Å². The number of piperazine rings is 1. The van der Waals surface area contributed by atoms with Gasteiger partial charge in [0.15, 0.2) is 0 Å². The molecule has 0 bridgehead atoms. The Balaban J connectivity index is 1.55. The van der Waals surface area contributed by atoms with Crippen molar-refractivity contribution in [1.29, 1.82) is 0 Å². The van der Waals surface area contributed by atoms with E-state index in [4.69, 9.17) is 28.2 Å². The normalized spacial score (nSPS) is 16.1. The van der Waals surface area contributed by atoms with Crippen molar-refractivity contribution in [3.63, 3.8) is 0 Å². The number of carbonyl (C=O) groups is 1. The van der Waals surface area contributed by atoms with E-state index >= 15 is 0 Å².